The number of rotatable bonds is 39. The van der Waals surface area contributed by atoms with Gasteiger partial charge < -0.3 is 19.3 Å². The Kier molecular flexibility index (Phi) is 30.8. The molecule has 56 heavy (non-hydrogen) atoms. The zero-order valence-corrected chi connectivity index (χ0v) is 36.8. The van der Waals surface area contributed by atoms with Crippen molar-refractivity contribution in [1.29, 1.82) is 0 Å². The van der Waals surface area contributed by atoms with Gasteiger partial charge in [-0.25, -0.2) is 0 Å². The Morgan fingerprint density at radius 3 is 1.11 bits per heavy atom. The molecular weight excluding hydrogens is 693 g/mol. The molecule has 0 aromatic heterocycles. The Morgan fingerprint density at radius 2 is 0.750 bits per heavy atom. The zero-order valence-electron chi connectivity index (χ0n) is 36.8. The highest BCUT2D eigenvalue weighted by atomic mass is 16.5. The summed E-state index contributed by atoms with van der Waals surface area (Å²) in [6.07, 6.45) is 26.3. The average molecular weight is 777 g/mol. The number of carbonyl (C=O) groups is 2. The molecule has 0 saturated heterocycles. The molecule has 6 nitrogen and oxygen atoms in total. The van der Waals surface area contributed by atoms with Gasteiger partial charge in [-0.15, -0.1) is 0 Å². The molecule has 0 amide bonds. The lowest BCUT2D eigenvalue weighted by Crippen LogP contribution is -2.28. The zero-order chi connectivity index (χ0) is 40.3. The third-order valence-corrected chi connectivity index (χ3v) is 10.9. The number of hydrogen-bond acceptors (Lipinski definition) is 6. The van der Waals surface area contributed by atoms with Crippen molar-refractivity contribution >= 4 is 11.6 Å². The molecule has 6 heteroatoms. The second-order valence-corrected chi connectivity index (χ2v) is 16.3. The van der Waals surface area contributed by atoms with Gasteiger partial charge in [-0.3, -0.25) is 9.59 Å². The van der Waals surface area contributed by atoms with Crippen LogP contribution in [0.1, 0.15) is 180 Å². The molecular formula is C50H84N2O4. The molecule has 2 aromatic rings. The molecule has 0 atom stereocenters. The first-order chi connectivity index (χ1) is 27.5. The molecule has 0 spiro atoms. The first-order valence-electron chi connectivity index (χ1n) is 23.3. The van der Waals surface area contributed by atoms with Crippen molar-refractivity contribution in [3.63, 3.8) is 0 Å². The lowest BCUT2D eigenvalue weighted by Gasteiger charge is -2.22. The van der Waals surface area contributed by atoms with Crippen molar-refractivity contribution in [1.82, 2.24) is 9.80 Å². The van der Waals surface area contributed by atoms with Crippen molar-refractivity contribution in [2.24, 2.45) is 0 Å². The van der Waals surface area contributed by atoms with E-state index in [-0.39, 0.29) is 24.8 Å². The van der Waals surface area contributed by atoms with Gasteiger partial charge in [-0.1, -0.05) is 154 Å². The Balaban J connectivity index is 1.72. The van der Waals surface area contributed by atoms with Gasteiger partial charge in [0.05, 0.1) is 13.2 Å². The minimum absolute atomic E-state index is 0.166. The summed E-state index contributed by atoms with van der Waals surface area (Å²) in [5.74, 6) is 0.378. The number of nitrogens with zero attached hydrogens (tertiary/aromatic N) is 2. The van der Waals surface area contributed by atoms with Gasteiger partial charge in [-0.2, -0.15) is 0 Å². The largest absolute Gasteiger partial charge is 0.369 e. The number of benzene rings is 2. The van der Waals surface area contributed by atoms with E-state index < -0.39 is 0 Å². The SMILES string of the molecule is CCCCCCCN(CCCCCC)CCCC(=O)COCc1cccc(-c2cccc(COCC(=O)CCCN(CCCCCC)CCCCCCC)c2)c1. The topological polar surface area (TPSA) is 59.1 Å². The smallest absolute Gasteiger partial charge is 0.158 e. The van der Waals surface area contributed by atoms with Crippen LogP contribution >= 0.6 is 0 Å². The van der Waals surface area contributed by atoms with E-state index in [0.29, 0.717) is 26.1 Å². The van der Waals surface area contributed by atoms with Crippen LogP contribution < -0.4 is 0 Å². The van der Waals surface area contributed by atoms with E-state index in [2.05, 4.69) is 73.9 Å². The van der Waals surface area contributed by atoms with Crippen LogP contribution in [0.15, 0.2) is 48.5 Å². The molecule has 0 heterocycles. The van der Waals surface area contributed by atoms with Gasteiger partial charge in [0.25, 0.3) is 0 Å². The molecule has 2 rings (SSSR count). The molecule has 0 aliphatic rings. The van der Waals surface area contributed by atoms with E-state index in [4.69, 9.17) is 9.47 Å². The molecule has 0 bridgehead atoms. The Morgan fingerprint density at radius 1 is 0.429 bits per heavy atom. The highest BCUT2D eigenvalue weighted by Gasteiger charge is 2.10. The molecule has 0 saturated carbocycles. The summed E-state index contributed by atoms with van der Waals surface area (Å²) >= 11 is 0. The van der Waals surface area contributed by atoms with E-state index in [9.17, 15) is 9.59 Å². The van der Waals surface area contributed by atoms with Gasteiger partial charge in [0, 0.05) is 12.8 Å². The number of unbranched alkanes of at least 4 members (excludes halogenated alkanes) is 14. The average Bonchev–Trinajstić information content (AvgIpc) is 3.20. The Labute approximate surface area is 344 Å². The molecule has 0 aliphatic heterocycles. The van der Waals surface area contributed by atoms with Crippen LogP contribution in [0.25, 0.3) is 11.1 Å². The monoisotopic (exact) mass is 777 g/mol. The van der Waals surface area contributed by atoms with Crippen LogP contribution in [0.5, 0.6) is 0 Å². The third-order valence-electron chi connectivity index (χ3n) is 10.9. The fourth-order valence-corrected chi connectivity index (χ4v) is 7.46. The Hall–Kier alpha value is -2.38. The second-order valence-electron chi connectivity index (χ2n) is 16.3. The van der Waals surface area contributed by atoms with Crippen LogP contribution in [-0.4, -0.2) is 73.8 Å². The predicted octanol–water partition coefficient (Wildman–Crippen LogP) is 12.8. The lowest BCUT2D eigenvalue weighted by atomic mass is 10.0. The van der Waals surface area contributed by atoms with Crippen molar-refractivity contribution < 1.29 is 19.1 Å². The van der Waals surface area contributed by atoms with E-state index in [1.54, 1.807) is 0 Å². The van der Waals surface area contributed by atoms with Gasteiger partial charge in [0.1, 0.15) is 13.2 Å². The fraction of sp³-hybridized carbons (Fsp3) is 0.720. The molecule has 0 N–H and O–H groups in total. The molecule has 0 aliphatic carbocycles. The quantitative estimate of drug-likeness (QED) is 0.0630. The van der Waals surface area contributed by atoms with E-state index in [1.807, 2.05) is 12.1 Å². The van der Waals surface area contributed by atoms with Gasteiger partial charge >= 0.3 is 0 Å². The Bertz CT molecular complexity index is 1150. The summed E-state index contributed by atoms with van der Waals surface area (Å²) < 4.78 is 11.8. The predicted molar refractivity (Wildman–Crippen MR) is 238 cm³/mol. The first-order valence-corrected chi connectivity index (χ1v) is 23.3. The van der Waals surface area contributed by atoms with Crippen molar-refractivity contribution in [2.45, 2.75) is 182 Å². The molecule has 318 valence electrons. The summed E-state index contributed by atoms with van der Waals surface area (Å²) in [6, 6.07) is 16.7. The molecule has 2 aromatic carbocycles. The molecule has 0 unspecified atom stereocenters. The van der Waals surface area contributed by atoms with E-state index in [1.165, 1.54) is 116 Å². The van der Waals surface area contributed by atoms with Crippen molar-refractivity contribution in [3.05, 3.63) is 59.7 Å². The maximum atomic E-state index is 12.7. The highest BCUT2D eigenvalue weighted by Crippen LogP contribution is 2.23. The van der Waals surface area contributed by atoms with Crippen LogP contribution in [0.2, 0.25) is 0 Å². The summed E-state index contributed by atoms with van der Waals surface area (Å²) in [5, 5.41) is 0. The molecule has 0 fully saturated rings. The first kappa shape index (κ1) is 49.8. The van der Waals surface area contributed by atoms with Crippen LogP contribution in [0, 0.1) is 0 Å². The number of carbonyl (C=O) groups excluding carboxylic acids is 2. The van der Waals surface area contributed by atoms with Crippen LogP contribution in [0.4, 0.5) is 0 Å². The summed E-state index contributed by atoms with van der Waals surface area (Å²) in [6.45, 7) is 16.9. The normalized spacial score (nSPS) is 11.6. The minimum atomic E-state index is 0.166. The van der Waals surface area contributed by atoms with Crippen molar-refractivity contribution in [3.8, 4) is 11.1 Å². The van der Waals surface area contributed by atoms with E-state index in [0.717, 1.165) is 74.4 Å². The fourth-order valence-electron chi connectivity index (χ4n) is 7.46. The summed E-state index contributed by atoms with van der Waals surface area (Å²) in [5.41, 5.74) is 4.32. The van der Waals surface area contributed by atoms with Crippen LogP contribution in [0.3, 0.4) is 0 Å². The maximum Gasteiger partial charge on any atom is 0.158 e. The third kappa shape index (κ3) is 25.8. The second kappa shape index (κ2) is 34.6. The highest BCUT2D eigenvalue weighted by molar-refractivity contribution is 5.80. The lowest BCUT2D eigenvalue weighted by molar-refractivity contribution is -0.124. The minimum Gasteiger partial charge on any atom is -0.369 e. The van der Waals surface area contributed by atoms with Gasteiger partial charge in [0.15, 0.2) is 11.6 Å². The summed E-state index contributed by atoms with van der Waals surface area (Å²) in [7, 11) is 0. The van der Waals surface area contributed by atoms with Gasteiger partial charge in [0.2, 0.25) is 0 Å². The van der Waals surface area contributed by atoms with Gasteiger partial charge in [-0.05, 0) is 112 Å². The maximum absolute atomic E-state index is 12.7. The molecule has 0 radical (unpaired) electrons. The van der Waals surface area contributed by atoms with Crippen LogP contribution in [-0.2, 0) is 32.3 Å². The number of hydrogen-bond donors (Lipinski definition) is 0. The summed E-state index contributed by atoms with van der Waals surface area (Å²) in [4.78, 5) is 30.6. The van der Waals surface area contributed by atoms with E-state index >= 15 is 0 Å². The standard InChI is InChI=1S/C50H84N2O4/c1-5-9-13-17-21-35-51(33-19-15-11-7-3)37-25-31-49(53)43-55-41-45-27-23-29-47(39-45)48-30-24-28-46(40-48)42-56-44-50(54)32-26-38-52(34-20-16-12-8-4)36-22-18-14-10-6-2/h23-24,27-30,39-40H,5-22,25-26,31-38,41-44H2,1-4H3. The van der Waals surface area contributed by atoms with Crippen molar-refractivity contribution in [2.75, 3.05) is 52.5 Å². The number of ether oxygens (including phenoxy) is 2. The number of Topliss-reactive ketones (excluding diaryl/α,β-unsaturated/α-hetero) is 2. The number of ketones is 2.